The number of nitrogens with two attached hydrogens (primary N) is 1. The summed E-state index contributed by atoms with van der Waals surface area (Å²) >= 11 is 0. The number of aryl methyl sites for hydroxylation is 2. The molecule has 1 aliphatic heterocycles. The number of aromatic nitrogens is 1. The largest absolute Gasteiger partial charge is 0.455 e. The Balaban J connectivity index is 0.000000574. The van der Waals surface area contributed by atoms with E-state index in [0.717, 1.165) is 29.8 Å². The maximum Gasteiger partial charge on any atom is 0.148 e. The number of ether oxygens (including phenoxy) is 1. The molecule has 3 nitrogen and oxygen atoms in total. The van der Waals surface area contributed by atoms with Gasteiger partial charge in [0.2, 0.25) is 0 Å². The summed E-state index contributed by atoms with van der Waals surface area (Å²) in [6.07, 6.45) is 3.41. The average Bonchev–Trinajstić information content (AvgIpc) is 2.59. The van der Waals surface area contributed by atoms with E-state index in [1.165, 1.54) is 19.2 Å². The third-order valence-electron chi connectivity index (χ3n) is 2.73. The Morgan fingerprint density at radius 3 is 2.83 bits per heavy atom. The summed E-state index contributed by atoms with van der Waals surface area (Å²) in [5, 5.41) is 0. The first-order chi connectivity index (χ1) is 8.83. The zero-order chi connectivity index (χ0) is 13.0. The zero-order valence-corrected chi connectivity index (χ0v) is 10.2. The Bertz CT molecular complexity index is 543. The molecule has 0 fully saturated rings. The van der Waals surface area contributed by atoms with Crippen LogP contribution in [0.5, 0.6) is 11.5 Å². The highest BCUT2D eigenvalue weighted by Crippen LogP contribution is 2.32. The highest BCUT2D eigenvalue weighted by Gasteiger charge is 2.15. The van der Waals surface area contributed by atoms with E-state index in [0.29, 0.717) is 5.75 Å². The SMILES string of the molecule is CN.Fc1ccc2c(c1)Oc1cccnc1CC2. The topological polar surface area (TPSA) is 48.1 Å². The Hall–Kier alpha value is -1.94. The second-order valence-electron chi connectivity index (χ2n) is 3.80. The van der Waals surface area contributed by atoms with Gasteiger partial charge in [-0.25, -0.2) is 4.39 Å². The van der Waals surface area contributed by atoms with Crippen molar-refractivity contribution in [3.63, 3.8) is 0 Å². The standard InChI is InChI=1S/C13H10FNO.CH5N/c14-10-5-3-9-4-6-11-12(2-1-7-15-11)16-13(9)8-10;1-2/h1-3,5,7-8H,4,6H2;2H2,1H3. The minimum atomic E-state index is -0.272. The van der Waals surface area contributed by atoms with Gasteiger partial charge in [0, 0.05) is 12.3 Å². The minimum Gasteiger partial charge on any atom is -0.455 e. The van der Waals surface area contributed by atoms with Crippen LogP contribution in [-0.2, 0) is 12.8 Å². The first kappa shape index (κ1) is 12.5. The molecule has 1 aromatic carbocycles. The Kier molecular flexibility index (Phi) is 3.89. The number of nitrogens with zero attached hydrogens (tertiary/aromatic N) is 1. The Labute approximate surface area is 105 Å². The van der Waals surface area contributed by atoms with Gasteiger partial charge in [0.25, 0.3) is 0 Å². The molecule has 3 rings (SSSR count). The van der Waals surface area contributed by atoms with Crippen LogP contribution in [0.15, 0.2) is 36.5 Å². The molecule has 18 heavy (non-hydrogen) atoms. The van der Waals surface area contributed by atoms with E-state index in [4.69, 9.17) is 4.74 Å². The fourth-order valence-electron chi connectivity index (χ4n) is 1.91. The predicted octanol–water partition coefficient (Wildman–Crippen LogP) is 2.69. The van der Waals surface area contributed by atoms with E-state index < -0.39 is 0 Å². The van der Waals surface area contributed by atoms with Gasteiger partial charge < -0.3 is 10.5 Å². The first-order valence-electron chi connectivity index (χ1n) is 5.81. The lowest BCUT2D eigenvalue weighted by molar-refractivity contribution is 0.471. The van der Waals surface area contributed by atoms with Gasteiger partial charge in [0.1, 0.15) is 17.3 Å². The van der Waals surface area contributed by atoms with E-state index >= 15 is 0 Å². The lowest BCUT2D eigenvalue weighted by Gasteiger charge is -2.07. The van der Waals surface area contributed by atoms with E-state index in [1.807, 2.05) is 12.1 Å². The first-order valence-corrected chi connectivity index (χ1v) is 5.81. The van der Waals surface area contributed by atoms with Crippen molar-refractivity contribution in [3.8, 4) is 11.5 Å². The van der Waals surface area contributed by atoms with Crippen molar-refractivity contribution in [2.24, 2.45) is 5.73 Å². The van der Waals surface area contributed by atoms with Gasteiger partial charge in [-0.2, -0.15) is 0 Å². The molecule has 0 unspecified atom stereocenters. The Morgan fingerprint density at radius 1 is 1.17 bits per heavy atom. The molecule has 0 atom stereocenters. The molecule has 0 bridgehead atoms. The highest BCUT2D eigenvalue weighted by atomic mass is 19.1. The van der Waals surface area contributed by atoms with Crippen LogP contribution in [0.4, 0.5) is 4.39 Å². The van der Waals surface area contributed by atoms with Crippen molar-refractivity contribution in [1.82, 2.24) is 4.98 Å². The summed E-state index contributed by atoms with van der Waals surface area (Å²) in [6.45, 7) is 0. The number of fused-ring (bicyclic) bond motifs is 2. The van der Waals surface area contributed by atoms with Gasteiger partial charge in [-0.15, -0.1) is 0 Å². The third-order valence-corrected chi connectivity index (χ3v) is 2.73. The monoisotopic (exact) mass is 246 g/mol. The number of pyridine rings is 1. The summed E-state index contributed by atoms with van der Waals surface area (Å²) in [7, 11) is 1.50. The van der Waals surface area contributed by atoms with Crippen LogP contribution in [0, 0.1) is 5.82 Å². The van der Waals surface area contributed by atoms with Crippen LogP contribution in [0.2, 0.25) is 0 Å². The van der Waals surface area contributed by atoms with Gasteiger partial charge in [-0.1, -0.05) is 6.07 Å². The van der Waals surface area contributed by atoms with Gasteiger partial charge >= 0.3 is 0 Å². The highest BCUT2D eigenvalue weighted by molar-refractivity contribution is 5.42. The van der Waals surface area contributed by atoms with Crippen molar-refractivity contribution in [3.05, 3.63) is 53.6 Å². The van der Waals surface area contributed by atoms with Crippen LogP contribution in [0.25, 0.3) is 0 Å². The van der Waals surface area contributed by atoms with E-state index in [-0.39, 0.29) is 5.82 Å². The molecule has 2 N–H and O–H groups in total. The predicted molar refractivity (Wildman–Crippen MR) is 68.2 cm³/mol. The molecule has 4 heteroatoms. The molecule has 2 aromatic rings. The van der Waals surface area contributed by atoms with Crippen molar-refractivity contribution in [2.75, 3.05) is 7.05 Å². The van der Waals surface area contributed by atoms with Gasteiger partial charge in [0.05, 0.1) is 5.69 Å². The molecule has 0 aliphatic carbocycles. The number of hydrogen-bond donors (Lipinski definition) is 1. The van der Waals surface area contributed by atoms with E-state index in [9.17, 15) is 4.39 Å². The van der Waals surface area contributed by atoms with Crippen LogP contribution in [0.1, 0.15) is 11.3 Å². The van der Waals surface area contributed by atoms with Crippen LogP contribution in [-0.4, -0.2) is 12.0 Å². The number of hydrogen-bond acceptors (Lipinski definition) is 3. The molecule has 1 aromatic heterocycles. The second-order valence-corrected chi connectivity index (χ2v) is 3.80. The maximum absolute atomic E-state index is 13.1. The molecule has 0 spiro atoms. The molecule has 0 radical (unpaired) electrons. The summed E-state index contributed by atoms with van der Waals surface area (Å²) in [5.41, 5.74) is 6.46. The maximum atomic E-state index is 13.1. The second kappa shape index (κ2) is 5.60. The lowest BCUT2D eigenvalue weighted by Crippen LogP contribution is -1.91. The molecule has 94 valence electrons. The molecule has 0 saturated heterocycles. The molecule has 0 amide bonds. The van der Waals surface area contributed by atoms with Crippen molar-refractivity contribution in [1.29, 1.82) is 0 Å². The molecule has 1 aliphatic rings. The summed E-state index contributed by atoms with van der Waals surface area (Å²) in [5.74, 6) is 1.06. The lowest BCUT2D eigenvalue weighted by atomic mass is 10.1. The van der Waals surface area contributed by atoms with Crippen molar-refractivity contribution < 1.29 is 9.13 Å². The van der Waals surface area contributed by atoms with Crippen molar-refractivity contribution >= 4 is 0 Å². The van der Waals surface area contributed by atoms with Gasteiger partial charge in [-0.05, 0) is 43.7 Å². The smallest absolute Gasteiger partial charge is 0.148 e. The normalized spacial score (nSPS) is 12.2. The minimum absolute atomic E-state index is 0.272. The molecular weight excluding hydrogens is 231 g/mol. The number of benzene rings is 1. The van der Waals surface area contributed by atoms with E-state index in [2.05, 4.69) is 10.7 Å². The van der Waals surface area contributed by atoms with Gasteiger partial charge in [0.15, 0.2) is 0 Å². The number of halogens is 1. The van der Waals surface area contributed by atoms with E-state index in [1.54, 1.807) is 12.3 Å². The fourth-order valence-corrected chi connectivity index (χ4v) is 1.91. The summed E-state index contributed by atoms with van der Waals surface area (Å²) in [4.78, 5) is 4.27. The summed E-state index contributed by atoms with van der Waals surface area (Å²) in [6, 6.07) is 8.35. The fraction of sp³-hybridized carbons (Fsp3) is 0.214. The van der Waals surface area contributed by atoms with Gasteiger partial charge in [-0.3, -0.25) is 4.98 Å². The average molecular weight is 246 g/mol. The Morgan fingerprint density at radius 2 is 2.00 bits per heavy atom. The molecule has 0 saturated carbocycles. The van der Waals surface area contributed by atoms with Crippen LogP contribution < -0.4 is 10.5 Å². The third kappa shape index (κ3) is 2.49. The quantitative estimate of drug-likeness (QED) is 0.777. The molecular formula is C14H15FN2O. The zero-order valence-electron chi connectivity index (χ0n) is 10.2. The van der Waals surface area contributed by atoms with Crippen molar-refractivity contribution in [2.45, 2.75) is 12.8 Å². The van der Waals surface area contributed by atoms with Crippen LogP contribution >= 0.6 is 0 Å². The van der Waals surface area contributed by atoms with Crippen LogP contribution in [0.3, 0.4) is 0 Å². The molecule has 2 heterocycles. The number of rotatable bonds is 0. The summed E-state index contributed by atoms with van der Waals surface area (Å²) < 4.78 is 18.8.